The molecule has 0 saturated carbocycles. The number of halogens is 2. The average Bonchev–Trinajstić information content (AvgIpc) is 3.28. The first kappa shape index (κ1) is 28.3. The van der Waals surface area contributed by atoms with Gasteiger partial charge in [-0.2, -0.15) is 0 Å². The van der Waals surface area contributed by atoms with Gasteiger partial charge in [0, 0.05) is 39.3 Å². The van der Waals surface area contributed by atoms with Gasteiger partial charge in [0.05, 0.1) is 33.5 Å². The fourth-order valence-electron chi connectivity index (χ4n) is 4.06. The van der Waals surface area contributed by atoms with Gasteiger partial charge in [-0.3, -0.25) is 9.80 Å². The van der Waals surface area contributed by atoms with Crippen molar-refractivity contribution in [2.45, 2.75) is 19.3 Å². The summed E-state index contributed by atoms with van der Waals surface area (Å²) in [7, 11) is 3.22. The lowest BCUT2D eigenvalue weighted by Gasteiger charge is -2.35. The number of aliphatic hydroxyl groups excluding tert-OH is 1. The second-order valence-electron chi connectivity index (χ2n) is 8.12. The minimum Gasteiger partial charge on any atom is -1.00 e. The third-order valence-corrected chi connectivity index (χ3v) is 5.80. The third-order valence-electron chi connectivity index (χ3n) is 5.80. The molecule has 0 radical (unpaired) electrons. The van der Waals surface area contributed by atoms with Gasteiger partial charge in [-0.15, -0.1) is 0 Å². The summed E-state index contributed by atoms with van der Waals surface area (Å²) in [6, 6.07) is 11.8. The van der Waals surface area contributed by atoms with Gasteiger partial charge >= 0.3 is 0 Å². The molecule has 1 N–H and O–H groups in total. The van der Waals surface area contributed by atoms with Crippen molar-refractivity contribution < 1.29 is 53.6 Å². The fourth-order valence-corrected chi connectivity index (χ4v) is 4.06. The normalized spacial score (nSPS) is 16.3. The molecule has 34 heavy (non-hydrogen) atoms. The zero-order valence-corrected chi connectivity index (χ0v) is 21.1. The average molecular weight is 515 g/mol. The van der Waals surface area contributed by atoms with Crippen molar-refractivity contribution >= 4 is 0 Å². The van der Waals surface area contributed by atoms with Crippen molar-refractivity contribution in [3.05, 3.63) is 47.5 Å². The van der Waals surface area contributed by atoms with E-state index in [2.05, 4.69) is 21.9 Å². The molecule has 2 aliphatic rings. The van der Waals surface area contributed by atoms with E-state index in [0.29, 0.717) is 38.1 Å². The van der Waals surface area contributed by atoms with Crippen molar-refractivity contribution in [3.63, 3.8) is 0 Å². The molecule has 1 unspecified atom stereocenters. The Labute approximate surface area is 213 Å². The molecule has 8 nitrogen and oxygen atoms in total. The SMILES string of the molecule is COc1ccc(COCC(O)CN2CCN(Cc3ccc4c(c3)OCO4)CC2)cc1OC.[Cl-].[Cl-]. The van der Waals surface area contributed by atoms with Crippen LogP contribution in [-0.2, 0) is 17.9 Å². The van der Waals surface area contributed by atoms with Crippen LogP contribution in [0.15, 0.2) is 36.4 Å². The van der Waals surface area contributed by atoms with Crippen LogP contribution < -0.4 is 43.8 Å². The van der Waals surface area contributed by atoms with Gasteiger partial charge in [-0.05, 0) is 35.4 Å². The van der Waals surface area contributed by atoms with Crippen molar-refractivity contribution in [3.8, 4) is 23.0 Å². The Hall–Kier alpha value is -1.94. The number of fused-ring (bicyclic) bond motifs is 1. The third kappa shape index (κ3) is 7.53. The van der Waals surface area contributed by atoms with Gasteiger partial charge in [-0.1, -0.05) is 12.1 Å². The fraction of sp³-hybridized carbons (Fsp3) is 0.500. The maximum atomic E-state index is 10.4. The number of methoxy groups -OCH3 is 2. The lowest BCUT2D eigenvalue weighted by Crippen LogP contribution is -3.00. The van der Waals surface area contributed by atoms with E-state index in [4.69, 9.17) is 23.7 Å². The van der Waals surface area contributed by atoms with Crippen LogP contribution >= 0.6 is 0 Å². The molecule has 2 aliphatic heterocycles. The summed E-state index contributed by atoms with van der Waals surface area (Å²) >= 11 is 0. The summed E-state index contributed by atoms with van der Waals surface area (Å²) in [4.78, 5) is 4.72. The standard InChI is InChI=1S/C24H32N2O6.2ClH/c1-28-21-5-4-19(12-23(21)29-2)15-30-16-20(27)14-26-9-7-25(8-10-26)13-18-3-6-22-24(11-18)32-17-31-22;;/h3-6,11-12,20,27H,7-10,13-17H2,1-2H3;2*1H/p-2. The summed E-state index contributed by atoms with van der Waals surface area (Å²) in [5.41, 5.74) is 2.21. The van der Waals surface area contributed by atoms with Gasteiger partial charge in [0.2, 0.25) is 6.79 Å². The summed E-state index contributed by atoms with van der Waals surface area (Å²) in [6.07, 6.45) is -0.518. The van der Waals surface area contributed by atoms with Crippen molar-refractivity contribution in [2.75, 3.05) is 60.3 Å². The molecule has 0 spiro atoms. The van der Waals surface area contributed by atoms with E-state index in [1.54, 1.807) is 14.2 Å². The van der Waals surface area contributed by atoms with Crippen LogP contribution in [0.4, 0.5) is 0 Å². The minimum atomic E-state index is -0.518. The molecule has 1 fully saturated rings. The Balaban J connectivity index is 0.00000204. The highest BCUT2D eigenvalue weighted by atomic mass is 35.5. The number of hydrogen-bond acceptors (Lipinski definition) is 8. The number of nitrogens with zero attached hydrogens (tertiary/aromatic N) is 2. The Kier molecular flexibility index (Phi) is 11.5. The second kappa shape index (κ2) is 13.8. The zero-order valence-electron chi connectivity index (χ0n) is 19.5. The van der Waals surface area contributed by atoms with E-state index in [1.165, 1.54) is 5.56 Å². The molecular weight excluding hydrogens is 483 g/mol. The highest BCUT2D eigenvalue weighted by Crippen LogP contribution is 2.33. The Morgan fingerprint density at radius 2 is 1.53 bits per heavy atom. The molecule has 4 rings (SSSR count). The molecule has 0 amide bonds. The number of rotatable bonds is 10. The predicted molar refractivity (Wildman–Crippen MR) is 119 cm³/mol. The van der Waals surface area contributed by atoms with Crippen LogP contribution in [0.25, 0.3) is 0 Å². The Morgan fingerprint density at radius 1 is 0.853 bits per heavy atom. The van der Waals surface area contributed by atoms with Crippen LogP contribution in [-0.4, -0.2) is 81.4 Å². The first-order valence-corrected chi connectivity index (χ1v) is 10.9. The monoisotopic (exact) mass is 514 g/mol. The molecule has 2 aromatic rings. The summed E-state index contributed by atoms with van der Waals surface area (Å²) < 4.78 is 27.1. The van der Waals surface area contributed by atoms with Crippen LogP contribution in [0.3, 0.4) is 0 Å². The van der Waals surface area contributed by atoms with Gasteiger partial charge < -0.3 is 53.6 Å². The van der Waals surface area contributed by atoms with Gasteiger partial charge in [-0.25, -0.2) is 0 Å². The summed E-state index contributed by atoms with van der Waals surface area (Å²) in [5.74, 6) is 3.01. The maximum Gasteiger partial charge on any atom is 0.231 e. The number of ether oxygens (including phenoxy) is 5. The minimum absolute atomic E-state index is 0. The molecule has 0 aromatic heterocycles. The van der Waals surface area contributed by atoms with E-state index in [9.17, 15) is 5.11 Å². The quantitative estimate of drug-likeness (QED) is 0.345. The number of piperazine rings is 1. The van der Waals surface area contributed by atoms with E-state index in [0.717, 1.165) is 49.8 Å². The molecule has 2 heterocycles. The molecule has 0 aliphatic carbocycles. The van der Waals surface area contributed by atoms with E-state index in [1.807, 2.05) is 24.3 Å². The molecule has 1 saturated heterocycles. The van der Waals surface area contributed by atoms with Crippen molar-refractivity contribution in [1.29, 1.82) is 0 Å². The van der Waals surface area contributed by atoms with E-state index in [-0.39, 0.29) is 24.8 Å². The zero-order chi connectivity index (χ0) is 22.3. The second-order valence-corrected chi connectivity index (χ2v) is 8.12. The van der Waals surface area contributed by atoms with E-state index >= 15 is 0 Å². The molecule has 10 heteroatoms. The molecule has 0 bridgehead atoms. The highest BCUT2D eigenvalue weighted by molar-refractivity contribution is 5.44. The van der Waals surface area contributed by atoms with E-state index < -0.39 is 6.10 Å². The number of β-amino-alcohol motifs (C(OH)–C–C–N with tert-alkyl or cyclic N) is 1. The number of hydrogen-bond donors (Lipinski definition) is 1. The Morgan fingerprint density at radius 3 is 2.26 bits per heavy atom. The lowest BCUT2D eigenvalue weighted by molar-refractivity contribution is -0.001000. The Bertz CT molecular complexity index is 896. The summed E-state index contributed by atoms with van der Waals surface area (Å²) in [6.45, 7) is 6.31. The van der Waals surface area contributed by atoms with Crippen molar-refractivity contribution in [2.24, 2.45) is 0 Å². The van der Waals surface area contributed by atoms with Crippen LogP contribution in [0, 0.1) is 0 Å². The molecule has 1 atom stereocenters. The number of aliphatic hydroxyl groups is 1. The predicted octanol–water partition coefficient (Wildman–Crippen LogP) is -3.86. The molecular formula is C24H32Cl2N2O6-2. The number of benzene rings is 2. The molecule has 2 aromatic carbocycles. The van der Waals surface area contributed by atoms with Gasteiger partial charge in [0.15, 0.2) is 23.0 Å². The van der Waals surface area contributed by atoms with Gasteiger partial charge in [0.25, 0.3) is 0 Å². The van der Waals surface area contributed by atoms with Crippen LogP contribution in [0.5, 0.6) is 23.0 Å². The molecule has 190 valence electrons. The lowest BCUT2D eigenvalue weighted by atomic mass is 10.1. The first-order valence-electron chi connectivity index (χ1n) is 10.9. The largest absolute Gasteiger partial charge is 1.00 e. The van der Waals surface area contributed by atoms with Gasteiger partial charge in [0.1, 0.15) is 0 Å². The van der Waals surface area contributed by atoms with Crippen LogP contribution in [0.1, 0.15) is 11.1 Å². The summed E-state index contributed by atoms with van der Waals surface area (Å²) in [5, 5.41) is 10.4. The van der Waals surface area contributed by atoms with Crippen molar-refractivity contribution in [1.82, 2.24) is 9.80 Å². The maximum absolute atomic E-state index is 10.4. The smallest absolute Gasteiger partial charge is 0.231 e. The topological polar surface area (TPSA) is 72.9 Å². The van der Waals surface area contributed by atoms with Crippen LogP contribution in [0.2, 0.25) is 0 Å². The first-order chi connectivity index (χ1) is 15.6. The highest BCUT2D eigenvalue weighted by Gasteiger charge is 2.20.